The molecule has 5 heteroatoms. The smallest absolute Gasteiger partial charge is 0.336 e. The third-order valence-electron chi connectivity index (χ3n) is 4.00. The highest BCUT2D eigenvalue weighted by Crippen LogP contribution is 2.35. The quantitative estimate of drug-likeness (QED) is 0.751. The Morgan fingerprint density at radius 3 is 2.63 bits per heavy atom. The van der Waals surface area contributed by atoms with E-state index in [2.05, 4.69) is 10.6 Å². The monoisotopic (exact) mass is 260 g/mol. The topological polar surface area (TPSA) is 78.4 Å². The zero-order valence-corrected chi connectivity index (χ0v) is 10.5. The van der Waals surface area contributed by atoms with Gasteiger partial charge < -0.3 is 10.4 Å². The van der Waals surface area contributed by atoms with Crippen LogP contribution >= 0.6 is 0 Å². The summed E-state index contributed by atoms with van der Waals surface area (Å²) < 4.78 is 0. The highest BCUT2D eigenvalue weighted by Gasteiger charge is 2.46. The van der Waals surface area contributed by atoms with Crippen LogP contribution in [0.4, 0.5) is 0 Å². The molecule has 1 amide bonds. The minimum absolute atomic E-state index is 0.129. The summed E-state index contributed by atoms with van der Waals surface area (Å²) >= 11 is 0. The van der Waals surface area contributed by atoms with Crippen LogP contribution in [0, 0.1) is 0 Å². The van der Waals surface area contributed by atoms with Crippen LogP contribution in [0.2, 0.25) is 0 Å². The van der Waals surface area contributed by atoms with Crippen molar-refractivity contribution in [3.8, 4) is 0 Å². The summed E-state index contributed by atoms with van der Waals surface area (Å²) in [6.45, 7) is 0. The minimum atomic E-state index is -1.00. The number of nitrogens with one attached hydrogen (secondary N) is 2. The summed E-state index contributed by atoms with van der Waals surface area (Å²) in [5.41, 5.74) is 0.398. The molecule has 1 saturated carbocycles. The molecule has 0 aromatic heterocycles. The molecule has 0 bridgehead atoms. The lowest BCUT2D eigenvalue weighted by molar-refractivity contribution is -0.121. The zero-order chi connectivity index (χ0) is 13.5. The number of hydrogen-bond acceptors (Lipinski definition) is 3. The van der Waals surface area contributed by atoms with Gasteiger partial charge in [0.2, 0.25) is 5.91 Å². The van der Waals surface area contributed by atoms with Crippen molar-refractivity contribution >= 4 is 11.9 Å². The van der Waals surface area contributed by atoms with Crippen LogP contribution in [0.25, 0.3) is 0 Å². The van der Waals surface area contributed by atoms with E-state index in [0.717, 1.165) is 25.7 Å². The molecule has 1 aromatic carbocycles. The van der Waals surface area contributed by atoms with Gasteiger partial charge >= 0.3 is 5.97 Å². The summed E-state index contributed by atoms with van der Waals surface area (Å²) in [4.78, 5) is 23.4. The van der Waals surface area contributed by atoms with E-state index in [9.17, 15) is 14.7 Å². The summed E-state index contributed by atoms with van der Waals surface area (Å²) in [6.07, 6.45) is 3.98. The summed E-state index contributed by atoms with van der Waals surface area (Å²) in [5.74, 6) is -1.13. The van der Waals surface area contributed by atoms with E-state index < -0.39 is 12.0 Å². The van der Waals surface area contributed by atoms with Crippen molar-refractivity contribution in [1.82, 2.24) is 10.6 Å². The molecule has 0 radical (unpaired) electrons. The molecule has 1 heterocycles. The van der Waals surface area contributed by atoms with Crippen LogP contribution in [0.15, 0.2) is 24.3 Å². The minimum Gasteiger partial charge on any atom is -0.478 e. The molecular weight excluding hydrogens is 244 g/mol. The fraction of sp³-hybridized carbons (Fsp3) is 0.429. The second-order valence-corrected chi connectivity index (χ2v) is 5.25. The fourth-order valence-corrected chi connectivity index (χ4v) is 3.10. The van der Waals surface area contributed by atoms with Gasteiger partial charge in [-0.15, -0.1) is 0 Å². The summed E-state index contributed by atoms with van der Waals surface area (Å²) in [7, 11) is 0. The molecule has 3 N–H and O–H groups in total. The molecule has 1 aromatic rings. The molecule has 1 spiro atoms. The van der Waals surface area contributed by atoms with Crippen molar-refractivity contribution in [2.45, 2.75) is 37.4 Å². The molecule has 2 aliphatic rings. The van der Waals surface area contributed by atoms with Crippen molar-refractivity contribution in [1.29, 1.82) is 0 Å². The number of carboxylic acids is 1. The molecule has 1 aliphatic carbocycles. The highest BCUT2D eigenvalue weighted by molar-refractivity contribution is 5.94. The van der Waals surface area contributed by atoms with Crippen molar-refractivity contribution < 1.29 is 14.7 Å². The number of carbonyl (C=O) groups is 2. The van der Waals surface area contributed by atoms with Crippen LogP contribution in [0.5, 0.6) is 0 Å². The van der Waals surface area contributed by atoms with Gasteiger partial charge in [0.05, 0.1) is 11.2 Å². The van der Waals surface area contributed by atoms with E-state index in [0.29, 0.717) is 5.56 Å². The maximum absolute atomic E-state index is 12.1. The Bertz CT molecular complexity index is 535. The molecule has 100 valence electrons. The summed E-state index contributed by atoms with van der Waals surface area (Å²) in [5, 5.41) is 15.5. The first-order valence-electron chi connectivity index (χ1n) is 6.53. The normalized spacial score (nSPS) is 24.6. The third kappa shape index (κ3) is 2.00. The predicted octanol–water partition coefficient (Wildman–Crippen LogP) is 1.42. The van der Waals surface area contributed by atoms with Gasteiger partial charge in [0, 0.05) is 0 Å². The number of benzene rings is 1. The fourth-order valence-electron chi connectivity index (χ4n) is 3.10. The second-order valence-electron chi connectivity index (χ2n) is 5.25. The van der Waals surface area contributed by atoms with Gasteiger partial charge in [0.25, 0.3) is 0 Å². The van der Waals surface area contributed by atoms with Crippen LogP contribution in [0.1, 0.15) is 47.6 Å². The predicted molar refractivity (Wildman–Crippen MR) is 68.6 cm³/mol. The van der Waals surface area contributed by atoms with Crippen LogP contribution in [-0.4, -0.2) is 22.6 Å². The number of amides is 1. The Hall–Kier alpha value is -1.88. The molecule has 1 aliphatic heterocycles. The number of aromatic carboxylic acids is 1. The van der Waals surface area contributed by atoms with Crippen molar-refractivity contribution in [3.63, 3.8) is 0 Å². The van der Waals surface area contributed by atoms with Gasteiger partial charge in [-0.2, -0.15) is 0 Å². The maximum atomic E-state index is 12.1. The molecular formula is C14H16N2O3. The highest BCUT2D eigenvalue weighted by atomic mass is 16.4. The van der Waals surface area contributed by atoms with Crippen molar-refractivity contribution in [3.05, 3.63) is 35.4 Å². The standard InChI is InChI=1S/C14H16N2O3/c17-12-11(15-14(16-12)7-3-4-8-14)9-5-1-2-6-10(9)13(18)19/h1-2,5-6,11,15H,3-4,7-8H2,(H,16,17)(H,18,19). The number of hydrogen-bond donors (Lipinski definition) is 3. The lowest BCUT2D eigenvalue weighted by Gasteiger charge is -2.24. The van der Waals surface area contributed by atoms with Crippen molar-refractivity contribution in [2.75, 3.05) is 0 Å². The third-order valence-corrected chi connectivity index (χ3v) is 4.00. The Morgan fingerprint density at radius 1 is 1.26 bits per heavy atom. The Balaban J connectivity index is 1.95. The van der Waals surface area contributed by atoms with Crippen LogP contribution < -0.4 is 10.6 Å². The van der Waals surface area contributed by atoms with Gasteiger partial charge in [0.1, 0.15) is 6.04 Å². The average molecular weight is 260 g/mol. The van der Waals surface area contributed by atoms with Gasteiger partial charge in [-0.1, -0.05) is 18.2 Å². The Morgan fingerprint density at radius 2 is 1.95 bits per heavy atom. The summed E-state index contributed by atoms with van der Waals surface area (Å²) in [6, 6.07) is 6.10. The van der Waals surface area contributed by atoms with Crippen molar-refractivity contribution in [2.24, 2.45) is 0 Å². The van der Waals surface area contributed by atoms with E-state index in [1.165, 1.54) is 6.07 Å². The lowest BCUT2D eigenvalue weighted by Crippen LogP contribution is -2.46. The van der Waals surface area contributed by atoms with E-state index in [-0.39, 0.29) is 17.1 Å². The Labute approximate surface area is 111 Å². The molecule has 1 saturated heterocycles. The first-order valence-corrected chi connectivity index (χ1v) is 6.53. The zero-order valence-electron chi connectivity index (χ0n) is 10.5. The number of carboxylic acid groups (broad SMARTS) is 1. The SMILES string of the molecule is O=C(O)c1ccccc1C1NC2(CCCC2)NC1=O. The van der Waals surface area contributed by atoms with Gasteiger partial charge in [0.15, 0.2) is 0 Å². The lowest BCUT2D eigenvalue weighted by atomic mass is 10.00. The Kier molecular flexibility index (Phi) is 2.78. The average Bonchev–Trinajstić information content (AvgIpc) is 2.97. The largest absolute Gasteiger partial charge is 0.478 e. The molecule has 5 nitrogen and oxygen atoms in total. The van der Waals surface area contributed by atoms with Crippen LogP contribution in [-0.2, 0) is 4.79 Å². The number of rotatable bonds is 2. The van der Waals surface area contributed by atoms with Gasteiger partial charge in [-0.25, -0.2) is 4.79 Å². The van der Waals surface area contributed by atoms with Gasteiger partial charge in [-0.05, 0) is 37.3 Å². The van der Waals surface area contributed by atoms with Crippen LogP contribution in [0.3, 0.4) is 0 Å². The first kappa shape index (κ1) is 12.2. The second kappa shape index (κ2) is 4.35. The van der Waals surface area contributed by atoms with E-state index >= 15 is 0 Å². The number of carbonyl (C=O) groups excluding carboxylic acids is 1. The van der Waals surface area contributed by atoms with E-state index in [1.807, 2.05) is 0 Å². The van der Waals surface area contributed by atoms with Gasteiger partial charge in [-0.3, -0.25) is 10.1 Å². The molecule has 1 atom stereocenters. The first-order chi connectivity index (χ1) is 9.11. The molecule has 1 unspecified atom stereocenters. The molecule has 3 rings (SSSR count). The van der Waals surface area contributed by atoms with E-state index in [4.69, 9.17) is 0 Å². The molecule has 2 fully saturated rings. The van der Waals surface area contributed by atoms with E-state index in [1.54, 1.807) is 18.2 Å². The molecule has 19 heavy (non-hydrogen) atoms. The maximum Gasteiger partial charge on any atom is 0.336 e.